The van der Waals surface area contributed by atoms with E-state index in [0.717, 1.165) is 30.4 Å². The minimum Gasteiger partial charge on any atom is -0.378 e. The fourth-order valence-electron chi connectivity index (χ4n) is 3.91. The predicted molar refractivity (Wildman–Crippen MR) is 87.0 cm³/mol. The molecule has 1 heterocycles. The first-order valence-corrected chi connectivity index (χ1v) is 9.01. The summed E-state index contributed by atoms with van der Waals surface area (Å²) in [4.78, 5) is 7.11. The summed E-state index contributed by atoms with van der Waals surface area (Å²) >= 11 is 1.55. The van der Waals surface area contributed by atoms with Crippen LogP contribution in [-0.4, -0.2) is 35.2 Å². The van der Waals surface area contributed by atoms with Gasteiger partial charge in [0.15, 0.2) is 0 Å². The SMILES string of the molecule is CCOC1CC(N(C)c2nc(CC(C)C)ns2)C12CCC2. The second-order valence-corrected chi connectivity index (χ2v) is 7.71. The Morgan fingerprint density at radius 3 is 2.76 bits per heavy atom. The number of hydrogen-bond donors (Lipinski definition) is 0. The molecule has 0 saturated heterocycles. The molecule has 1 aromatic rings. The maximum atomic E-state index is 5.95. The standard InChI is InChI=1S/C16H27N3OS/c1-5-20-13-10-12(16(13)7-6-8-16)19(4)15-17-14(18-21-15)9-11(2)3/h11-13H,5-10H2,1-4H3. The van der Waals surface area contributed by atoms with Crippen molar-refractivity contribution in [1.29, 1.82) is 0 Å². The predicted octanol–water partition coefficient (Wildman–Crippen LogP) is 3.52. The van der Waals surface area contributed by atoms with Crippen molar-refractivity contribution in [2.24, 2.45) is 11.3 Å². The van der Waals surface area contributed by atoms with E-state index in [2.05, 4.69) is 37.1 Å². The summed E-state index contributed by atoms with van der Waals surface area (Å²) in [5, 5.41) is 1.08. The van der Waals surface area contributed by atoms with E-state index in [9.17, 15) is 0 Å². The largest absolute Gasteiger partial charge is 0.378 e. The van der Waals surface area contributed by atoms with Crippen molar-refractivity contribution in [3.63, 3.8) is 0 Å². The van der Waals surface area contributed by atoms with Gasteiger partial charge >= 0.3 is 0 Å². The average Bonchev–Trinajstić information content (AvgIpc) is 2.79. The van der Waals surface area contributed by atoms with Gasteiger partial charge in [-0.15, -0.1) is 0 Å². The molecule has 2 aliphatic rings. The summed E-state index contributed by atoms with van der Waals surface area (Å²) in [6.07, 6.45) is 6.55. The van der Waals surface area contributed by atoms with Crippen molar-refractivity contribution in [3.8, 4) is 0 Å². The van der Waals surface area contributed by atoms with E-state index < -0.39 is 0 Å². The third-order valence-corrected chi connectivity index (χ3v) is 6.06. The summed E-state index contributed by atoms with van der Waals surface area (Å²) in [6.45, 7) is 7.37. The summed E-state index contributed by atoms with van der Waals surface area (Å²) < 4.78 is 10.5. The Balaban J connectivity index is 1.68. The Bertz CT molecular complexity index is 484. The zero-order valence-electron chi connectivity index (χ0n) is 13.6. The first kappa shape index (κ1) is 15.2. The molecule has 0 N–H and O–H groups in total. The van der Waals surface area contributed by atoms with Gasteiger partial charge in [-0.3, -0.25) is 0 Å². The highest BCUT2D eigenvalue weighted by Gasteiger charge is 2.60. The average molecular weight is 309 g/mol. The molecule has 2 fully saturated rings. The molecule has 2 unspecified atom stereocenters. The lowest BCUT2D eigenvalue weighted by Gasteiger charge is -2.63. The van der Waals surface area contributed by atoms with Crippen LogP contribution in [0.5, 0.6) is 0 Å². The van der Waals surface area contributed by atoms with Crippen molar-refractivity contribution < 1.29 is 4.74 Å². The van der Waals surface area contributed by atoms with Gasteiger partial charge in [0.25, 0.3) is 0 Å². The smallest absolute Gasteiger partial charge is 0.205 e. The van der Waals surface area contributed by atoms with E-state index in [-0.39, 0.29) is 0 Å². The van der Waals surface area contributed by atoms with Gasteiger partial charge in [0.2, 0.25) is 5.13 Å². The molecule has 1 aromatic heterocycles. The molecular formula is C16H27N3OS. The maximum absolute atomic E-state index is 5.95. The Hall–Kier alpha value is -0.680. The van der Waals surface area contributed by atoms with Crippen LogP contribution in [0.25, 0.3) is 0 Å². The summed E-state index contributed by atoms with van der Waals surface area (Å²) in [6, 6.07) is 0.586. The quantitative estimate of drug-likeness (QED) is 0.806. The molecule has 0 aromatic carbocycles. The van der Waals surface area contributed by atoms with Gasteiger partial charge in [0.05, 0.1) is 6.10 Å². The van der Waals surface area contributed by atoms with Crippen LogP contribution in [-0.2, 0) is 11.2 Å². The Kier molecular flexibility index (Phi) is 4.23. The molecule has 0 amide bonds. The molecule has 5 heteroatoms. The van der Waals surface area contributed by atoms with E-state index >= 15 is 0 Å². The fraction of sp³-hybridized carbons (Fsp3) is 0.875. The van der Waals surface area contributed by atoms with Crippen LogP contribution in [0.1, 0.15) is 52.3 Å². The topological polar surface area (TPSA) is 38.2 Å². The van der Waals surface area contributed by atoms with Gasteiger partial charge in [0.1, 0.15) is 5.82 Å². The lowest BCUT2D eigenvalue weighted by Crippen LogP contribution is -2.67. The van der Waals surface area contributed by atoms with Crippen LogP contribution < -0.4 is 4.90 Å². The second-order valence-electron chi connectivity index (χ2n) is 6.98. The Labute approximate surface area is 132 Å². The van der Waals surface area contributed by atoms with Crippen molar-refractivity contribution in [2.75, 3.05) is 18.6 Å². The van der Waals surface area contributed by atoms with Crippen LogP contribution in [0.4, 0.5) is 5.13 Å². The lowest BCUT2D eigenvalue weighted by atomic mass is 9.50. The van der Waals surface area contributed by atoms with Crippen molar-refractivity contribution in [2.45, 2.75) is 65.0 Å². The molecule has 0 aliphatic heterocycles. The molecule has 4 nitrogen and oxygen atoms in total. The number of aromatic nitrogens is 2. The molecule has 0 radical (unpaired) electrons. The van der Waals surface area contributed by atoms with Crippen LogP contribution >= 0.6 is 11.5 Å². The van der Waals surface area contributed by atoms with E-state index in [1.54, 1.807) is 11.5 Å². The van der Waals surface area contributed by atoms with Crippen molar-refractivity contribution in [1.82, 2.24) is 9.36 Å². The van der Waals surface area contributed by atoms with E-state index in [1.165, 1.54) is 19.3 Å². The number of hydrogen-bond acceptors (Lipinski definition) is 5. The Morgan fingerprint density at radius 2 is 2.19 bits per heavy atom. The third kappa shape index (κ3) is 2.59. The third-order valence-electron chi connectivity index (χ3n) is 5.21. The van der Waals surface area contributed by atoms with Crippen molar-refractivity contribution >= 4 is 16.7 Å². The Morgan fingerprint density at radius 1 is 1.43 bits per heavy atom. The molecule has 0 bridgehead atoms. The van der Waals surface area contributed by atoms with Crippen molar-refractivity contribution in [3.05, 3.63) is 5.82 Å². The highest BCUT2D eigenvalue weighted by atomic mass is 32.1. The highest BCUT2D eigenvalue weighted by Crippen LogP contribution is 2.59. The zero-order chi connectivity index (χ0) is 15.0. The number of rotatable bonds is 6. The monoisotopic (exact) mass is 309 g/mol. The van der Waals surface area contributed by atoms with Gasteiger partial charge in [-0.1, -0.05) is 20.3 Å². The summed E-state index contributed by atoms with van der Waals surface area (Å²) in [5.41, 5.74) is 0.397. The van der Waals surface area contributed by atoms with E-state index in [1.807, 2.05) is 0 Å². The molecule has 1 spiro atoms. The van der Waals surface area contributed by atoms with E-state index in [4.69, 9.17) is 9.72 Å². The van der Waals surface area contributed by atoms with Gasteiger partial charge < -0.3 is 9.64 Å². The minimum absolute atomic E-state index is 0.397. The summed E-state index contributed by atoms with van der Waals surface area (Å²) in [7, 11) is 2.19. The number of anilines is 1. The lowest BCUT2D eigenvalue weighted by molar-refractivity contribution is -0.163. The van der Waals surface area contributed by atoms with E-state index in [0.29, 0.717) is 23.5 Å². The number of ether oxygens (including phenoxy) is 1. The van der Waals surface area contributed by atoms with Gasteiger partial charge in [-0.25, -0.2) is 4.98 Å². The van der Waals surface area contributed by atoms with Crippen LogP contribution in [0.3, 0.4) is 0 Å². The molecule has 118 valence electrons. The fourth-order valence-corrected chi connectivity index (χ4v) is 4.62. The minimum atomic E-state index is 0.397. The second kappa shape index (κ2) is 5.84. The normalized spacial score (nSPS) is 26.7. The molecule has 2 aliphatic carbocycles. The molecular weight excluding hydrogens is 282 g/mol. The van der Waals surface area contributed by atoms with Crippen LogP contribution in [0.15, 0.2) is 0 Å². The zero-order valence-corrected chi connectivity index (χ0v) is 14.4. The maximum Gasteiger partial charge on any atom is 0.205 e. The molecule has 3 rings (SSSR count). The highest BCUT2D eigenvalue weighted by molar-refractivity contribution is 7.09. The first-order chi connectivity index (χ1) is 10.1. The van der Waals surface area contributed by atoms with Crippen LogP contribution in [0, 0.1) is 11.3 Å². The number of nitrogens with zero attached hydrogens (tertiary/aromatic N) is 3. The van der Waals surface area contributed by atoms with Gasteiger partial charge in [0, 0.05) is 43.1 Å². The summed E-state index contributed by atoms with van der Waals surface area (Å²) in [5.74, 6) is 1.61. The van der Waals surface area contributed by atoms with Crippen LogP contribution in [0.2, 0.25) is 0 Å². The van der Waals surface area contributed by atoms with Gasteiger partial charge in [-0.2, -0.15) is 4.37 Å². The van der Waals surface area contributed by atoms with Gasteiger partial charge in [-0.05, 0) is 32.1 Å². The molecule has 2 atom stereocenters. The molecule has 21 heavy (non-hydrogen) atoms. The molecule has 2 saturated carbocycles. The first-order valence-electron chi connectivity index (χ1n) is 8.24.